The molecule has 1 aromatic heterocycles. The van der Waals surface area contributed by atoms with Crippen LogP contribution >= 0.6 is 11.3 Å². The van der Waals surface area contributed by atoms with Gasteiger partial charge in [0.25, 0.3) is 0 Å². The molecule has 0 spiro atoms. The quantitative estimate of drug-likeness (QED) is 0.481. The largest absolute Gasteiger partial charge is 0.497 e. The van der Waals surface area contributed by atoms with Gasteiger partial charge in [-0.1, -0.05) is 59.9 Å². The molecule has 27 heavy (non-hydrogen) atoms. The van der Waals surface area contributed by atoms with Crippen molar-refractivity contribution < 1.29 is 9.53 Å². The molecule has 4 nitrogen and oxygen atoms in total. The number of amides is 1. The number of fused-ring (bicyclic) bond motifs is 1. The zero-order chi connectivity index (χ0) is 18.6. The van der Waals surface area contributed by atoms with E-state index in [2.05, 4.69) is 0 Å². The van der Waals surface area contributed by atoms with Crippen molar-refractivity contribution in [3.63, 3.8) is 0 Å². The smallest absolute Gasteiger partial charge is 0.237 e. The normalized spacial score (nSPS) is 10.7. The Balaban J connectivity index is 1.77. The van der Waals surface area contributed by atoms with Gasteiger partial charge >= 0.3 is 0 Å². The van der Waals surface area contributed by atoms with Crippen molar-refractivity contribution in [3.05, 3.63) is 84.4 Å². The van der Waals surface area contributed by atoms with Gasteiger partial charge in [-0.3, -0.25) is 9.69 Å². The molecular weight excluding hydrogens is 356 g/mol. The van der Waals surface area contributed by atoms with Crippen LogP contribution in [0.25, 0.3) is 10.2 Å². The number of nitrogens with zero attached hydrogens (tertiary/aromatic N) is 2. The summed E-state index contributed by atoms with van der Waals surface area (Å²) in [6.07, 6.45) is 0.300. The van der Waals surface area contributed by atoms with E-state index in [9.17, 15) is 4.79 Å². The van der Waals surface area contributed by atoms with Crippen LogP contribution < -0.4 is 9.64 Å². The Kier molecular flexibility index (Phi) is 4.85. The second-order valence-corrected chi connectivity index (χ2v) is 7.07. The third-order valence-electron chi connectivity index (χ3n) is 4.23. The first-order chi connectivity index (χ1) is 13.2. The highest BCUT2D eigenvalue weighted by molar-refractivity contribution is 7.22. The second kappa shape index (κ2) is 7.60. The van der Waals surface area contributed by atoms with E-state index in [4.69, 9.17) is 9.72 Å². The number of anilines is 2. The minimum atomic E-state index is -0.0338. The minimum absolute atomic E-state index is 0.0338. The Morgan fingerprint density at radius 3 is 2.56 bits per heavy atom. The van der Waals surface area contributed by atoms with Crippen LogP contribution in [0.3, 0.4) is 0 Å². The van der Waals surface area contributed by atoms with E-state index < -0.39 is 0 Å². The highest BCUT2D eigenvalue weighted by Crippen LogP contribution is 2.35. The third-order valence-corrected chi connectivity index (χ3v) is 5.25. The van der Waals surface area contributed by atoms with Crippen LogP contribution in [0.5, 0.6) is 5.75 Å². The molecule has 4 rings (SSSR count). The molecule has 134 valence electrons. The summed E-state index contributed by atoms with van der Waals surface area (Å²) in [5.74, 6) is 0.666. The zero-order valence-electron chi connectivity index (χ0n) is 14.8. The molecule has 0 atom stereocenters. The molecular formula is C22H18N2O2S. The van der Waals surface area contributed by atoms with Crippen molar-refractivity contribution in [2.45, 2.75) is 6.42 Å². The van der Waals surface area contributed by atoms with E-state index in [0.717, 1.165) is 21.5 Å². The van der Waals surface area contributed by atoms with E-state index in [1.165, 1.54) is 11.3 Å². The van der Waals surface area contributed by atoms with E-state index in [0.29, 0.717) is 17.3 Å². The van der Waals surface area contributed by atoms with Crippen molar-refractivity contribution >= 4 is 38.3 Å². The van der Waals surface area contributed by atoms with Gasteiger partial charge in [0.15, 0.2) is 5.13 Å². The molecule has 0 bridgehead atoms. The predicted molar refractivity (Wildman–Crippen MR) is 110 cm³/mol. The third kappa shape index (κ3) is 3.68. The van der Waals surface area contributed by atoms with E-state index in [-0.39, 0.29) is 5.91 Å². The second-order valence-electron chi connectivity index (χ2n) is 6.06. The van der Waals surface area contributed by atoms with Gasteiger partial charge in [0.2, 0.25) is 5.91 Å². The van der Waals surface area contributed by atoms with Gasteiger partial charge in [0, 0.05) is 6.07 Å². The molecule has 1 amide bonds. The first kappa shape index (κ1) is 17.2. The lowest BCUT2D eigenvalue weighted by Gasteiger charge is -2.20. The van der Waals surface area contributed by atoms with Gasteiger partial charge in [-0.2, -0.15) is 0 Å². The van der Waals surface area contributed by atoms with Crippen LogP contribution in [0.4, 0.5) is 10.8 Å². The fourth-order valence-corrected chi connectivity index (χ4v) is 3.92. The maximum atomic E-state index is 13.2. The molecule has 0 aliphatic rings. The van der Waals surface area contributed by atoms with Crippen molar-refractivity contribution in [1.29, 1.82) is 0 Å². The summed E-state index contributed by atoms with van der Waals surface area (Å²) in [4.78, 5) is 19.6. The number of carbonyl (C=O) groups is 1. The lowest BCUT2D eigenvalue weighted by Crippen LogP contribution is -2.27. The van der Waals surface area contributed by atoms with Crippen LogP contribution in [-0.2, 0) is 11.2 Å². The van der Waals surface area contributed by atoms with Crippen LogP contribution in [0.15, 0.2) is 78.9 Å². The zero-order valence-corrected chi connectivity index (χ0v) is 15.6. The average molecular weight is 374 g/mol. The van der Waals surface area contributed by atoms with Crippen LogP contribution in [-0.4, -0.2) is 18.0 Å². The summed E-state index contributed by atoms with van der Waals surface area (Å²) in [5, 5.41) is 0.658. The fraction of sp³-hybridized carbons (Fsp3) is 0.0909. The molecule has 0 aliphatic heterocycles. The van der Waals surface area contributed by atoms with Gasteiger partial charge in [-0.15, -0.1) is 0 Å². The molecule has 0 saturated carbocycles. The number of ether oxygens (including phenoxy) is 1. The molecule has 0 radical (unpaired) electrons. The molecule has 1 heterocycles. The molecule has 0 fully saturated rings. The lowest BCUT2D eigenvalue weighted by atomic mass is 10.1. The molecule has 0 saturated heterocycles. The fourth-order valence-electron chi connectivity index (χ4n) is 2.92. The Hall–Kier alpha value is -3.18. The summed E-state index contributed by atoms with van der Waals surface area (Å²) in [5.41, 5.74) is 2.60. The van der Waals surface area contributed by atoms with Crippen molar-refractivity contribution in [2.24, 2.45) is 0 Å². The first-order valence-corrected chi connectivity index (χ1v) is 9.43. The Labute approximate surface area is 161 Å². The van der Waals surface area contributed by atoms with Crippen molar-refractivity contribution in [2.75, 3.05) is 12.0 Å². The SMILES string of the molecule is COc1cccc(N(C(=O)Cc2ccccc2)c2nc3ccccc3s2)c1. The summed E-state index contributed by atoms with van der Waals surface area (Å²) < 4.78 is 6.39. The number of benzene rings is 3. The van der Waals surface area contributed by atoms with Gasteiger partial charge in [0.1, 0.15) is 5.75 Å². The van der Waals surface area contributed by atoms with E-state index >= 15 is 0 Å². The number of aromatic nitrogens is 1. The number of methoxy groups -OCH3 is 1. The number of thiazole rings is 1. The van der Waals surface area contributed by atoms with E-state index in [1.807, 2.05) is 78.9 Å². The molecule has 0 unspecified atom stereocenters. The molecule has 4 aromatic rings. The monoisotopic (exact) mass is 374 g/mol. The average Bonchev–Trinajstić information content (AvgIpc) is 3.12. The van der Waals surface area contributed by atoms with Gasteiger partial charge in [-0.25, -0.2) is 4.98 Å². The number of carbonyl (C=O) groups excluding carboxylic acids is 1. The maximum absolute atomic E-state index is 13.2. The summed E-state index contributed by atoms with van der Waals surface area (Å²) in [7, 11) is 1.62. The van der Waals surface area contributed by atoms with Gasteiger partial charge < -0.3 is 4.74 Å². The summed E-state index contributed by atoms with van der Waals surface area (Å²) in [6, 6.07) is 25.1. The van der Waals surface area contributed by atoms with E-state index in [1.54, 1.807) is 12.0 Å². The first-order valence-electron chi connectivity index (χ1n) is 8.61. The maximum Gasteiger partial charge on any atom is 0.237 e. The highest BCUT2D eigenvalue weighted by atomic mass is 32.1. The Morgan fingerprint density at radius 1 is 1.00 bits per heavy atom. The van der Waals surface area contributed by atoms with Crippen LogP contribution in [0.2, 0.25) is 0 Å². The van der Waals surface area contributed by atoms with Gasteiger partial charge in [-0.05, 0) is 29.8 Å². The summed E-state index contributed by atoms with van der Waals surface area (Å²) >= 11 is 1.51. The summed E-state index contributed by atoms with van der Waals surface area (Å²) in [6.45, 7) is 0. The highest BCUT2D eigenvalue weighted by Gasteiger charge is 2.22. The molecule has 3 aromatic carbocycles. The van der Waals surface area contributed by atoms with Crippen LogP contribution in [0.1, 0.15) is 5.56 Å². The standard InChI is InChI=1S/C22H18N2O2S/c1-26-18-11-7-10-17(15-18)24(21(25)14-16-8-3-2-4-9-16)22-23-19-12-5-6-13-20(19)27-22/h2-13,15H,14H2,1H3. The minimum Gasteiger partial charge on any atom is -0.497 e. The Morgan fingerprint density at radius 2 is 1.78 bits per heavy atom. The van der Waals surface area contributed by atoms with Gasteiger partial charge in [0.05, 0.1) is 29.4 Å². The molecule has 0 aliphatic carbocycles. The van der Waals surface area contributed by atoms with Crippen molar-refractivity contribution in [3.8, 4) is 5.75 Å². The topological polar surface area (TPSA) is 42.4 Å². The van der Waals surface area contributed by atoms with Crippen molar-refractivity contribution in [1.82, 2.24) is 4.98 Å². The molecule has 0 N–H and O–H groups in total. The molecule has 5 heteroatoms. The Bertz CT molecular complexity index is 1040. The number of para-hydroxylation sites is 1. The number of rotatable bonds is 5. The number of hydrogen-bond acceptors (Lipinski definition) is 4. The predicted octanol–water partition coefficient (Wildman–Crippen LogP) is 5.21. The van der Waals surface area contributed by atoms with Crippen LogP contribution in [0, 0.1) is 0 Å². The lowest BCUT2D eigenvalue weighted by molar-refractivity contribution is -0.117. The number of hydrogen-bond donors (Lipinski definition) is 0.